The van der Waals surface area contributed by atoms with Gasteiger partial charge in [-0.05, 0) is 28.1 Å². The molecule has 56 valence electrons. The average Bonchev–Trinajstić information content (AvgIpc) is 2.32. The van der Waals surface area contributed by atoms with Crippen LogP contribution in [0.3, 0.4) is 0 Å². The van der Waals surface area contributed by atoms with E-state index in [1.54, 1.807) is 12.3 Å². The van der Waals surface area contributed by atoms with E-state index < -0.39 is 0 Å². The van der Waals surface area contributed by atoms with E-state index in [0.717, 1.165) is 9.86 Å². The van der Waals surface area contributed by atoms with Gasteiger partial charge in [-0.2, -0.15) is 0 Å². The maximum absolute atomic E-state index is 12.6. The molecule has 0 bridgehead atoms. The minimum Gasteiger partial charge on any atom is -0.463 e. The fraction of sp³-hybridized carbons (Fsp3) is 0. The fourth-order valence-electron chi connectivity index (χ4n) is 0.970. The molecule has 0 saturated carbocycles. The summed E-state index contributed by atoms with van der Waals surface area (Å²) in [6.45, 7) is 0. The van der Waals surface area contributed by atoms with Crippen molar-refractivity contribution < 1.29 is 8.81 Å². The first-order chi connectivity index (χ1) is 5.27. The monoisotopic (exact) mass is 214 g/mol. The second-order valence-electron chi connectivity index (χ2n) is 2.22. The summed E-state index contributed by atoms with van der Waals surface area (Å²) in [6.07, 6.45) is 1.55. The predicted molar refractivity (Wildman–Crippen MR) is 43.9 cm³/mol. The molecule has 0 unspecified atom stereocenters. The van der Waals surface area contributed by atoms with Crippen molar-refractivity contribution in [2.45, 2.75) is 0 Å². The standard InChI is InChI=1S/C8H4BrFO/c9-7-4-11-8-3-5(10)1-2-6(7)8/h1-4H. The minimum atomic E-state index is -0.278. The molecule has 3 heteroatoms. The molecule has 0 atom stereocenters. The molecular weight excluding hydrogens is 211 g/mol. The smallest absolute Gasteiger partial charge is 0.137 e. The highest BCUT2D eigenvalue weighted by Crippen LogP contribution is 2.25. The van der Waals surface area contributed by atoms with Gasteiger partial charge in [0.05, 0.1) is 4.47 Å². The van der Waals surface area contributed by atoms with Crippen LogP contribution in [0, 0.1) is 5.82 Å². The molecular formula is C8H4BrFO. The van der Waals surface area contributed by atoms with E-state index in [9.17, 15) is 4.39 Å². The van der Waals surface area contributed by atoms with Crippen LogP contribution in [-0.4, -0.2) is 0 Å². The van der Waals surface area contributed by atoms with Crippen LogP contribution in [0.1, 0.15) is 0 Å². The average molecular weight is 215 g/mol. The number of rotatable bonds is 0. The summed E-state index contributed by atoms with van der Waals surface area (Å²) in [7, 11) is 0. The Balaban J connectivity index is 2.86. The Hall–Kier alpha value is -0.830. The van der Waals surface area contributed by atoms with Gasteiger partial charge in [-0.3, -0.25) is 0 Å². The summed E-state index contributed by atoms with van der Waals surface area (Å²) >= 11 is 3.28. The van der Waals surface area contributed by atoms with Gasteiger partial charge in [-0.1, -0.05) is 0 Å². The molecule has 0 N–H and O–H groups in total. The van der Waals surface area contributed by atoms with Crippen LogP contribution in [0.5, 0.6) is 0 Å². The highest BCUT2D eigenvalue weighted by Gasteiger charge is 2.02. The lowest BCUT2D eigenvalue weighted by Crippen LogP contribution is -1.70. The van der Waals surface area contributed by atoms with E-state index >= 15 is 0 Å². The molecule has 0 aliphatic heterocycles. The molecule has 1 aromatic heterocycles. The van der Waals surface area contributed by atoms with Gasteiger partial charge in [0.15, 0.2) is 0 Å². The topological polar surface area (TPSA) is 13.1 Å². The molecule has 0 saturated heterocycles. The van der Waals surface area contributed by atoms with Gasteiger partial charge in [0, 0.05) is 11.5 Å². The lowest BCUT2D eigenvalue weighted by atomic mass is 10.2. The van der Waals surface area contributed by atoms with E-state index in [4.69, 9.17) is 4.42 Å². The van der Waals surface area contributed by atoms with Gasteiger partial charge in [-0.15, -0.1) is 0 Å². The fourth-order valence-corrected chi connectivity index (χ4v) is 1.39. The normalized spacial score (nSPS) is 10.7. The zero-order chi connectivity index (χ0) is 7.84. The van der Waals surface area contributed by atoms with Gasteiger partial charge in [0.1, 0.15) is 17.7 Å². The summed E-state index contributed by atoms with van der Waals surface area (Å²) in [5, 5.41) is 0.895. The van der Waals surface area contributed by atoms with Crippen molar-refractivity contribution in [3.63, 3.8) is 0 Å². The third kappa shape index (κ3) is 1.05. The van der Waals surface area contributed by atoms with Crippen LogP contribution in [0.4, 0.5) is 4.39 Å². The number of hydrogen-bond acceptors (Lipinski definition) is 1. The lowest BCUT2D eigenvalue weighted by molar-refractivity contribution is 0.597. The molecule has 0 radical (unpaired) electrons. The van der Waals surface area contributed by atoms with Gasteiger partial charge < -0.3 is 4.42 Å². The predicted octanol–water partition coefficient (Wildman–Crippen LogP) is 3.33. The summed E-state index contributed by atoms with van der Waals surface area (Å²) in [4.78, 5) is 0. The minimum absolute atomic E-state index is 0.278. The molecule has 0 aliphatic carbocycles. The Morgan fingerprint density at radius 1 is 1.36 bits per heavy atom. The van der Waals surface area contributed by atoms with E-state index in [1.807, 2.05) is 0 Å². The van der Waals surface area contributed by atoms with E-state index in [1.165, 1.54) is 12.1 Å². The molecule has 11 heavy (non-hydrogen) atoms. The van der Waals surface area contributed by atoms with Crippen LogP contribution in [-0.2, 0) is 0 Å². The Kier molecular flexibility index (Phi) is 1.46. The second-order valence-corrected chi connectivity index (χ2v) is 3.08. The molecule has 1 nitrogen and oxygen atoms in total. The molecule has 1 heterocycles. The molecule has 0 spiro atoms. The van der Waals surface area contributed by atoms with Crippen LogP contribution in [0.2, 0.25) is 0 Å². The maximum Gasteiger partial charge on any atom is 0.137 e. The molecule has 2 rings (SSSR count). The van der Waals surface area contributed by atoms with Gasteiger partial charge in [0.25, 0.3) is 0 Å². The van der Waals surface area contributed by atoms with Crippen molar-refractivity contribution >= 4 is 26.9 Å². The van der Waals surface area contributed by atoms with Crippen molar-refractivity contribution in [3.8, 4) is 0 Å². The SMILES string of the molecule is Fc1ccc2c(Br)coc2c1. The highest BCUT2D eigenvalue weighted by atomic mass is 79.9. The van der Waals surface area contributed by atoms with Gasteiger partial charge in [-0.25, -0.2) is 4.39 Å². The lowest BCUT2D eigenvalue weighted by Gasteiger charge is -1.87. The first kappa shape index (κ1) is 6.85. The second kappa shape index (κ2) is 2.34. The van der Waals surface area contributed by atoms with Crippen LogP contribution in [0.25, 0.3) is 11.0 Å². The molecule has 0 fully saturated rings. The maximum atomic E-state index is 12.6. The Morgan fingerprint density at radius 2 is 2.18 bits per heavy atom. The molecule has 2 aromatic rings. The first-order valence-corrected chi connectivity index (χ1v) is 3.89. The van der Waals surface area contributed by atoms with Gasteiger partial charge in [0.2, 0.25) is 0 Å². The van der Waals surface area contributed by atoms with Crippen molar-refractivity contribution in [2.75, 3.05) is 0 Å². The summed E-state index contributed by atoms with van der Waals surface area (Å²) in [6, 6.07) is 4.45. The summed E-state index contributed by atoms with van der Waals surface area (Å²) in [5.41, 5.74) is 0.567. The molecule has 1 aromatic carbocycles. The summed E-state index contributed by atoms with van der Waals surface area (Å²) in [5.74, 6) is -0.278. The molecule has 0 amide bonds. The molecule has 0 aliphatic rings. The van der Waals surface area contributed by atoms with E-state index in [0.29, 0.717) is 5.58 Å². The summed E-state index contributed by atoms with van der Waals surface area (Å²) < 4.78 is 18.5. The van der Waals surface area contributed by atoms with Crippen LogP contribution < -0.4 is 0 Å². The third-order valence-electron chi connectivity index (χ3n) is 1.49. The van der Waals surface area contributed by atoms with Crippen molar-refractivity contribution in [1.29, 1.82) is 0 Å². The number of halogens is 2. The van der Waals surface area contributed by atoms with Crippen LogP contribution >= 0.6 is 15.9 Å². The van der Waals surface area contributed by atoms with Crippen molar-refractivity contribution in [1.82, 2.24) is 0 Å². The number of fused-ring (bicyclic) bond motifs is 1. The zero-order valence-corrected chi connectivity index (χ0v) is 7.06. The highest BCUT2D eigenvalue weighted by molar-refractivity contribution is 9.10. The first-order valence-electron chi connectivity index (χ1n) is 3.09. The number of furan rings is 1. The van der Waals surface area contributed by atoms with Gasteiger partial charge >= 0.3 is 0 Å². The van der Waals surface area contributed by atoms with Crippen molar-refractivity contribution in [2.24, 2.45) is 0 Å². The Labute approximate surface area is 70.9 Å². The van der Waals surface area contributed by atoms with E-state index in [2.05, 4.69) is 15.9 Å². The third-order valence-corrected chi connectivity index (χ3v) is 2.10. The zero-order valence-electron chi connectivity index (χ0n) is 5.47. The Morgan fingerprint density at radius 3 is 3.00 bits per heavy atom. The number of benzene rings is 1. The van der Waals surface area contributed by atoms with Crippen molar-refractivity contribution in [3.05, 3.63) is 34.8 Å². The van der Waals surface area contributed by atoms with Crippen LogP contribution in [0.15, 0.2) is 33.4 Å². The largest absolute Gasteiger partial charge is 0.463 e. The van der Waals surface area contributed by atoms with E-state index in [-0.39, 0.29) is 5.82 Å². The quantitative estimate of drug-likeness (QED) is 0.656. The Bertz CT molecular complexity index is 394. The number of hydrogen-bond donors (Lipinski definition) is 0.